The van der Waals surface area contributed by atoms with E-state index >= 15 is 0 Å². The summed E-state index contributed by atoms with van der Waals surface area (Å²) >= 11 is 0. The summed E-state index contributed by atoms with van der Waals surface area (Å²) in [6.07, 6.45) is 0.872. The zero-order valence-corrected chi connectivity index (χ0v) is 12.0. The van der Waals surface area contributed by atoms with Crippen LogP contribution in [0.5, 0.6) is 0 Å². The fourth-order valence-corrected chi connectivity index (χ4v) is 2.03. The van der Waals surface area contributed by atoms with Crippen molar-refractivity contribution < 1.29 is 9.21 Å². The Morgan fingerprint density at radius 3 is 2.50 bits per heavy atom. The molecule has 0 aliphatic rings. The van der Waals surface area contributed by atoms with E-state index in [1.54, 1.807) is 13.0 Å². The maximum Gasteiger partial charge on any atom is 0.254 e. The number of hydrogen-bond acceptors (Lipinski definition) is 3. The van der Waals surface area contributed by atoms with Gasteiger partial charge in [0.2, 0.25) is 0 Å². The molecular weight excluding hydrogens is 228 g/mol. The van der Waals surface area contributed by atoms with Crippen LogP contribution in [0.3, 0.4) is 0 Å². The van der Waals surface area contributed by atoms with Gasteiger partial charge in [0.15, 0.2) is 0 Å². The Balaban J connectivity index is 2.49. The lowest BCUT2D eigenvalue weighted by molar-refractivity contribution is 0.0947. The highest BCUT2D eigenvalue weighted by Crippen LogP contribution is 2.19. The highest BCUT2D eigenvalue weighted by molar-refractivity contribution is 5.95. The molecule has 1 rings (SSSR count). The molecule has 0 saturated heterocycles. The lowest BCUT2D eigenvalue weighted by atomic mass is 9.88. The molecule has 4 heteroatoms. The summed E-state index contributed by atoms with van der Waals surface area (Å²) < 4.78 is 5.33. The molecule has 0 bridgehead atoms. The summed E-state index contributed by atoms with van der Waals surface area (Å²) in [6, 6.07) is 1.72. The summed E-state index contributed by atoms with van der Waals surface area (Å²) in [5, 5.41) is 2.85. The summed E-state index contributed by atoms with van der Waals surface area (Å²) in [5.74, 6) is 1.28. The van der Waals surface area contributed by atoms with E-state index in [2.05, 4.69) is 26.1 Å². The third-order valence-corrected chi connectivity index (χ3v) is 2.68. The van der Waals surface area contributed by atoms with Crippen molar-refractivity contribution in [1.82, 2.24) is 5.32 Å². The summed E-state index contributed by atoms with van der Waals surface area (Å²) in [4.78, 5) is 11.9. The maximum atomic E-state index is 11.9. The predicted octanol–water partition coefficient (Wildman–Crippen LogP) is 2.39. The van der Waals surface area contributed by atoms with Crippen molar-refractivity contribution in [1.29, 1.82) is 0 Å². The van der Waals surface area contributed by atoms with Crippen molar-refractivity contribution in [3.8, 4) is 0 Å². The Bertz CT molecular complexity index is 416. The van der Waals surface area contributed by atoms with Gasteiger partial charge in [0.1, 0.15) is 11.5 Å². The number of aryl methyl sites for hydroxylation is 2. The molecule has 4 nitrogen and oxygen atoms in total. The SMILES string of the molecule is Cc1cc(C(=O)NCC(N)CC(C)(C)C)c(C)o1. The maximum absolute atomic E-state index is 11.9. The van der Waals surface area contributed by atoms with Gasteiger partial charge in [0.25, 0.3) is 5.91 Å². The van der Waals surface area contributed by atoms with Crippen molar-refractivity contribution >= 4 is 5.91 Å². The molecule has 1 aromatic rings. The molecule has 0 radical (unpaired) electrons. The van der Waals surface area contributed by atoms with E-state index in [1.165, 1.54) is 0 Å². The van der Waals surface area contributed by atoms with Gasteiger partial charge < -0.3 is 15.5 Å². The minimum atomic E-state index is -0.117. The number of nitrogens with two attached hydrogens (primary N) is 1. The van der Waals surface area contributed by atoms with Gasteiger partial charge >= 0.3 is 0 Å². The molecule has 1 unspecified atom stereocenters. The molecule has 102 valence electrons. The molecule has 1 heterocycles. The highest BCUT2D eigenvalue weighted by atomic mass is 16.3. The number of nitrogens with one attached hydrogen (secondary N) is 1. The Kier molecular flexibility index (Phi) is 4.57. The van der Waals surface area contributed by atoms with Gasteiger partial charge in [-0.05, 0) is 31.7 Å². The molecule has 0 aromatic carbocycles. The van der Waals surface area contributed by atoms with Crippen molar-refractivity contribution in [2.75, 3.05) is 6.54 Å². The number of carbonyl (C=O) groups is 1. The molecule has 0 aliphatic heterocycles. The number of hydrogen-bond donors (Lipinski definition) is 2. The number of amides is 1. The third kappa shape index (κ3) is 4.53. The van der Waals surface area contributed by atoms with E-state index < -0.39 is 0 Å². The molecule has 0 spiro atoms. The van der Waals surface area contributed by atoms with Gasteiger partial charge in [-0.2, -0.15) is 0 Å². The summed E-state index contributed by atoms with van der Waals surface area (Å²) in [7, 11) is 0. The van der Waals surface area contributed by atoms with Crippen LogP contribution >= 0.6 is 0 Å². The second-order valence-corrected chi connectivity index (χ2v) is 6.06. The highest BCUT2D eigenvalue weighted by Gasteiger charge is 2.18. The van der Waals surface area contributed by atoms with Crippen LogP contribution < -0.4 is 11.1 Å². The van der Waals surface area contributed by atoms with Gasteiger partial charge in [-0.1, -0.05) is 20.8 Å². The minimum absolute atomic E-state index is 0.0257. The molecule has 0 aliphatic carbocycles. The van der Waals surface area contributed by atoms with Crippen molar-refractivity contribution in [3.05, 3.63) is 23.2 Å². The molecule has 0 fully saturated rings. The van der Waals surface area contributed by atoms with E-state index in [0.29, 0.717) is 17.9 Å². The van der Waals surface area contributed by atoms with Crippen LogP contribution in [0.4, 0.5) is 0 Å². The smallest absolute Gasteiger partial charge is 0.254 e. The van der Waals surface area contributed by atoms with E-state index in [-0.39, 0.29) is 17.4 Å². The van der Waals surface area contributed by atoms with Crippen LogP contribution in [0.1, 0.15) is 49.1 Å². The standard InChI is InChI=1S/C14H24N2O2/c1-9-6-12(10(2)18-9)13(17)16-8-11(15)7-14(3,4)5/h6,11H,7-8,15H2,1-5H3,(H,16,17). The largest absolute Gasteiger partial charge is 0.466 e. The molecule has 1 amide bonds. The zero-order chi connectivity index (χ0) is 13.9. The second-order valence-electron chi connectivity index (χ2n) is 6.06. The minimum Gasteiger partial charge on any atom is -0.466 e. The van der Waals surface area contributed by atoms with Gasteiger partial charge in [0.05, 0.1) is 5.56 Å². The fraction of sp³-hybridized carbons (Fsp3) is 0.643. The predicted molar refractivity (Wildman–Crippen MR) is 72.6 cm³/mol. The van der Waals surface area contributed by atoms with Gasteiger partial charge in [0, 0.05) is 12.6 Å². The monoisotopic (exact) mass is 252 g/mol. The molecule has 1 atom stereocenters. The fourth-order valence-electron chi connectivity index (χ4n) is 2.03. The van der Waals surface area contributed by atoms with Crippen molar-refractivity contribution in [2.24, 2.45) is 11.1 Å². The van der Waals surface area contributed by atoms with Crippen LogP contribution in [-0.2, 0) is 0 Å². The van der Waals surface area contributed by atoms with E-state index in [1.807, 2.05) is 6.92 Å². The van der Waals surface area contributed by atoms with Crippen LogP contribution in [0.2, 0.25) is 0 Å². The molecule has 0 saturated carbocycles. The molecule has 3 N–H and O–H groups in total. The first-order valence-electron chi connectivity index (χ1n) is 6.30. The first-order valence-corrected chi connectivity index (χ1v) is 6.30. The number of rotatable bonds is 4. The van der Waals surface area contributed by atoms with Gasteiger partial charge in [-0.15, -0.1) is 0 Å². The first-order chi connectivity index (χ1) is 8.19. The van der Waals surface area contributed by atoms with Gasteiger partial charge in [-0.25, -0.2) is 0 Å². The van der Waals surface area contributed by atoms with E-state index in [9.17, 15) is 4.79 Å². The lowest BCUT2D eigenvalue weighted by Crippen LogP contribution is -2.39. The quantitative estimate of drug-likeness (QED) is 0.864. The van der Waals surface area contributed by atoms with Gasteiger partial charge in [-0.3, -0.25) is 4.79 Å². The Morgan fingerprint density at radius 2 is 2.06 bits per heavy atom. The molecule has 1 aromatic heterocycles. The van der Waals surface area contributed by atoms with Crippen LogP contribution in [0, 0.1) is 19.3 Å². The van der Waals surface area contributed by atoms with E-state index in [0.717, 1.165) is 12.2 Å². The Hall–Kier alpha value is -1.29. The Morgan fingerprint density at radius 1 is 1.44 bits per heavy atom. The molecule has 18 heavy (non-hydrogen) atoms. The van der Waals surface area contributed by atoms with Crippen molar-refractivity contribution in [2.45, 2.75) is 47.1 Å². The van der Waals surface area contributed by atoms with E-state index in [4.69, 9.17) is 10.2 Å². The normalized spacial score (nSPS) is 13.4. The number of furan rings is 1. The van der Waals surface area contributed by atoms with Crippen LogP contribution in [-0.4, -0.2) is 18.5 Å². The van der Waals surface area contributed by atoms with Crippen molar-refractivity contribution in [3.63, 3.8) is 0 Å². The topological polar surface area (TPSA) is 68.3 Å². The Labute approximate surface area is 109 Å². The van der Waals surface area contributed by atoms with Crippen LogP contribution in [0.15, 0.2) is 10.5 Å². The van der Waals surface area contributed by atoms with Crippen LogP contribution in [0.25, 0.3) is 0 Å². The lowest BCUT2D eigenvalue weighted by Gasteiger charge is -2.23. The summed E-state index contributed by atoms with van der Waals surface area (Å²) in [6.45, 7) is 10.5. The third-order valence-electron chi connectivity index (χ3n) is 2.68. The first kappa shape index (κ1) is 14.8. The second kappa shape index (κ2) is 5.57. The average molecular weight is 252 g/mol. The summed E-state index contributed by atoms with van der Waals surface area (Å²) in [5.41, 5.74) is 6.76. The molecular formula is C14H24N2O2. The number of carbonyl (C=O) groups excluding carboxylic acids is 1. The average Bonchev–Trinajstić information content (AvgIpc) is 2.52. The zero-order valence-electron chi connectivity index (χ0n) is 12.0.